The smallest absolute Gasteiger partial charge is 0.319 e. The van der Waals surface area contributed by atoms with Gasteiger partial charge in [-0.15, -0.1) is 0 Å². The third-order valence-electron chi connectivity index (χ3n) is 6.07. The van der Waals surface area contributed by atoms with Crippen LogP contribution in [0.2, 0.25) is 5.02 Å². The Kier molecular flexibility index (Phi) is 4.50. The maximum atomic E-state index is 13.0. The molecule has 30 heavy (non-hydrogen) atoms. The van der Waals surface area contributed by atoms with E-state index in [1.807, 2.05) is 6.07 Å². The summed E-state index contributed by atoms with van der Waals surface area (Å²) in [6.07, 6.45) is 6.34. The summed E-state index contributed by atoms with van der Waals surface area (Å²) in [6.45, 7) is 0.337. The summed E-state index contributed by atoms with van der Waals surface area (Å²) < 4.78 is 11.4. The summed E-state index contributed by atoms with van der Waals surface area (Å²) in [5.74, 6) is 0.666. The van der Waals surface area contributed by atoms with Crippen molar-refractivity contribution in [1.29, 1.82) is 0 Å². The molecule has 7 nitrogen and oxygen atoms in total. The number of urea groups is 1. The van der Waals surface area contributed by atoms with Gasteiger partial charge in [-0.25, -0.2) is 4.79 Å². The molecule has 1 aliphatic carbocycles. The van der Waals surface area contributed by atoms with Gasteiger partial charge in [0.1, 0.15) is 11.3 Å². The molecule has 1 aliphatic heterocycles. The van der Waals surface area contributed by atoms with Gasteiger partial charge in [0.25, 0.3) is 5.91 Å². The number of halogens is 1. The van der Waals surface area contributed by atoms with Gasteiger partial charge >= 0.3 is 6.03 Å². The van der Waals surface area contributed by atoms with Crippen LogP contribution >= 0.6 is 11.6 Å². The second kappa shape index (κ2) is 7.09. The molecule has 0 bridgehead atoms. The van der Waals surface area contributed by atoms with Crippen molar-refractivity contribution in [3.8, 4) is 0 Å². The van der Waals surface area contributed by atoms with E-state index in [2.05, 4.69) is 10.6 Å². The quantitative estimate of drug-likeness (QED) is 0.597. The molecule has 156 valence electrons. The summed E-state index contributed by atoms with van der Waals surface area (Å²) in [5, 5.41) is 7.15. The second-order valence-corrected chi connectivity index (χ2v) is 8.51. The highest BCUT2D eigenvalue weighted by molar-refractivity contribution is 6.35. The van der Waals surface area contributed by atoms with Gasteiger partial charge < -0.3 is 24.4 Å². The SMILES string of the molecule is CN(Cc1ccco1)C(=O)c1cc2cc(Cl)c3c(c2o1)C1(CCCCC1)NC(=O)N3. The summed E-state index contributed by atoms with van der Waals surface area (Å²) in [5.41, 5.74) is 1.49. The van der Waals surface area contributed by atoms with E-state index in [4.69, 9.17) is 20.4 Å². The number of furan rings is 2. The third kappa shape index (κ3) is 3.04. The lowest BCUT2D eigenvalue weighted by Crippen LogP contribution is -2.52. The van der Waals surface area contributed by atoms with Crippen LogP contribution < -0.4 is 10.6 Å². The van der Waals surface area contributed by atoms with Crippen LogP contribution in [0, 0.1) is 0 Å². The van der Waals surface area contributed by atoms with Crippen LogP contribution in [-0.2, 0) is 12.1 Å². The lowest BCUT2D eigenvalue weighted by molar-refractivity contribution is 0.0746. The number of rotatable bonds is 3. The van der Waals surface area contributed by atoms with E-state index in [0.717, 1.165) is 43.1 Å². The van der Waals surface area contributed by atoms with Gasteiger partial charge in [0.2, 0.25) is 0 Å². The minimum absolute atomic E-state index is 0.228. The van der Waals surface area contributed by atoms with Gasteiger partial charge in [-0.3, -0.25) is 4.79 Å². The monoisotopic (exact) mass is 427 g/mol. The lowest BCUT2D eigenvalue weighted by Gasteiger charge is -2.42. The van der Waals surface area contributed by atoms with Gasteiger partial charge in [0.05, 0.1) is 29.1 Å². The van der Waals surface area contributed by atoms with Crippen molar-refractivity contribution in [2.45, 2.75) is 44.2 Å². The first kappa shape index (κ1) is 19.1. The molecule has 1 aromatic carbocycles. The van der Waals surface area contributed by atoms with Crippen molar-refractivity contribution in [2.24, 2.45) is 0 Å². The molecule has 1 saturated carbocycles. The van der Waals surface area contributed by atoms with Gasteiger partial charge in [-0.2, -0.15) is 0 Å². The molecule has 0 atom stereocenters. The van der Waals surface area contributed by atoms with Crippen molar-refractivity contribution >= 4 is 40.2 Å². The number of amides is 3. The fraction of sp³-hybridized carbons (Fsp3) is 0.364. The molecular formula is C22H22ClN3O4. The maximum Gasteiger partial charge on any atom is 0.319 e. The van der Waals surface area contributed by atoms with E-state index < -0.39 is 5.54 Å². The molecule has 0 unspecified atom stereocenters. The topological polar surface area (TPSA) is 87.7 Å². The Bertz CT molecular complexity index is 1130. The first-order chi connectivity index (χ1) is 14.5. The standard InChI is InChI=1S/C22H22ClN3O4/c1-26(12-14-6-5-9-29-14)20(27)16-11-13-10-15(23)18-17(19(13)30-16)22(25-21(28)24-18)7-3-2-4-8-22/h5-6,9-11H,2-4,7-8,12H2,1H3,(H2,24,25,28). The molecule has 1 fully saturated rings. The van der Waals surface area contributed by atoms with Crippen molar-refractivity contribution in [3.63, 3.8) is 0 Å². The number of benzene rings is 1. The van der Waals surface area contributed by atoms with E-state index in [-0.39, 0.29) is 17.7 Å². The highest BCUT2D eigenvalue weighted by Gasteiger charge is 2.44. The Morgan fingerprint density at radius 2 is 2.07 bits per heavy atom. The molecular weight excluding hydrogens is 406 g/mol. The molecule has 8 heteroatoms. The van der Waals surface area contributed by atoms with Gasteiger partial charge in [0.15, 0.2) is 5.76 Å². The Morgan fingerprint density at radius 3 is 2.80 bits per heavy atom. The predicted molar refractivity (Wildman–Crippen MR) is 113 cm³/mol. The largest absolute Gasteiger partial charge is 0.467 e. The number of hydrogen-bond donors (Lipinski definition) is 2. The third-order valence-corrected chi connectivity index (χ3v) is 6.36. The predicted octanol–water partition coefficient (Wildman–Crippen LogP) is 5.25. The molecule has 2 aliphatic rings. The van der Waals surface area contributed by atoms with Crippen molar-refractivity contribution < 1.29 is 18.4 Å². The molecule has 0 radical (unpaired) electrons. The molecule has 0 saturated heterocycles. The molecule has 2 aromatic heterocycles. The van der Waals surface area contributed by atoms with Gasteiger partial charge in [0, 0.05) is 18.0 Å². The van der Waals surface area contributed by atoms with Crippen molar-refractivity contribution in [3.05, 3.63) is 52.6 Å². The zero-order valence-electron chi connectivity index (χ0n) is 16.6. The first-order valence-corrected chi connectivity index (χ1v) is 10.5. The van der Waals surface area contributed by atoms with Crippen LogP contribution in [0.3, 0.4) is 0 Å². The second-order valence-electron chi connectivity index (χ2n) is 8.10. The Hall–Kier alpha value is -2.93. The summed E-state index contributed by atoms with van der Waals surface area (Å²) in [6, 6.07) is 6.81. The van der Waals surface area contributed by atoms with Crippen LogP contribution in [0.15, 0.2) is 39.4 Å². The average molecular weight is 428 g/mol. The summed E-state index contributed by atoms with van der Waals surface area (Å²) in [4.78, 5) is 26.9. The minimum Gasteiger partial charge on any atom is -0.467 e. The zero-order valence-corrected chi connectivity index (χ0v) is 17.3. The number of fused-ring (bicyclic) bond motifs is 4. The number of carbonyl (C=O) groups is 2. The molecule has 2 N–H and O–H groups in total. The number of carbonyl (C=O) groups excluding carboxylic acids is 2. The summed E-state index contributed by atoms with van der Waals surface area (Å²) in [7, 11) is 1.70. The number of nitrogens with one attached hydrogen (secondary N) is 2. The fourth-order valence-electron chi connectivity index (χ4n) is 4.68. The molecule has 5 rings (SSSR count). The number of hydrogen-bond acceptors (Lipinski definition) is 4. The normalized spacial score (nSPS) is 17.5. The van der Waals surface area contributed by atoms with Gasteiger partial charge in [-0.05, 0) is 37.1 Å². The maximum absolute atomic E-state index is 13.0. The number of anilines is 1. The van der Waals surface area contributed by atoms with Crippen molar-refractivity contribution in [2.75, 3.05) is 12.4 Å². The van der Waals surface area contributed by atoms with Crippen LogP contribution in [0.4, 0.5) is 10.5 Å². The Labute approximate surface area is 178 Å². The minimum atomic E-state index is -0.530. The van der Waals surface area contributed by atoms with E-state index in [0.29, 0.717) is 28.6 Å². The van der Waals surface area contributed by atoms with E-state index in [9.17, 15) is 9.59 Å². The zero-order chi connectivity index (χ0) is 20.9. The molecule has 1 spiro atoms. The van der Waals surface area contributed by atoms with Crippen LogP contribution in [-0.4, -0.2) is 23.9 Å². The van der Waals surface area contributed by atoms with Crippen molar-refractivity contribution in [1.82, 2.24) is 10.2 Å². The lowest BCUT2D eigenvalue weighted by atomic mass is 9.74. The first-order valence-electron chi connectivity index (χ1n) is 10.1. The average Bonchev–Trinajstić information content (AvgIpc) is 3.37. The number of nitrogens with zero attached hydrogens (tertiary/aromatic N) is 1. The molecule has 3 heterocycles. The van der Waals surface area contributed by atoms with E-state index in [1.54, 1.807) is 36.4 Å². The van der Waals surface area contributed by atoms with Crippen LogP contribution in [0.25, 0.3) is 11.0 Å². The highest BCUT2D eigenvalue weighted by Crippen LogP contribution is 2.49. The Morgan fingerprint density at radius 1 is 1.27 bits per heavy atom. The summed E-state index contributed by atoms with van der Waals surface area (Å²) >= 11 is 6.54. The molecule has 3 amide bonds. The van der Waals surface area contributed by atoms with Crippen LogP contribution in [0.5, 0.6) is 0 Å². The van der Waals surface area contributed by atoms with Crippen LogP contribution in [0.1, 0.15) is 54.0 Å². The fourth-order valence-corrected chi connectivity index (χ4v) is 4.94. The Balaban J connectivity index is 1.59. The highest BCUT2D eigenvalue weighted by atomic mass is 35.5. The van der Waals surface area contributed by atoms with E-state index in [1.165, 1.54) is 0 Å². The van der Waals surface area contributed by atoms with E-state index >= 15 is 0 Å². The van der Waals surface area contributed by atoms with Gasteiger partial charge in [-0.1, -0.05) is 30.9 Å². The molecule has 3 aromatic rings.